The van der Waals surface area contributed by atoms with Gasteiger partial charge in [0.05, 0.1) is 24.3 Å². The third-order valence-corrected chi connectivity index (χ3v) is 6.18. The summed E-state index contributed by atoms with van der Waals surface area (Å²) in [4.78, 5) is 27.3. The molecule has 0 radical (unpaired) electrons. The van der Waals surface area contributed by atoms with Crippen molar-refractivity contribution in [3.8, 4) is 11.1 Å². The van der Waals surface area contributed by atoms with Gasteiger partial charge in [0.2, 0.25) is 0 Å². The molecule has 1 fully saturated rings. The minimum absolute atomic E-state index is 0.251. The number of hydrogen-bond donors (Lipinski definition) is 4. The highest BCUT2D eigenvalue weighted by atomic mass is 19.1. The monoisotopic (exact) mass is 509 g/mol. The molecule has 2 aliphatic rings. The maximum atomic E-state index is 14.4. The van der Waals surface area contributed by atoms with E-state index in [2.05, 4.69) is 15.5 Å². The number of amides is 2. The van der Waals surface area contributed by atoms with Crippen molar-refractivity contribution >= 4 is 23.2 Å². The average Bonchev–Trinajstić information content (AvgIpc) is 3.28. The van der Waals surface area contributed by atoms with Crippen LogP contribution in [0.4, 0.5) is 20.2 Å². The molecule has 1 saturated heterocycles. The normalized spacial score (nSPS) is 14.8. The zero-order valence-electron chi connectivity index (χ0n) is 20.2. The fourth-order valence-electron chi connectivity index (χ4n) is 4.25. The molecule has 8 nitrogen and oxygen atoms in total. The Morgan fingerprint density at radius 2 is 1.65 bits per heavy atom. The van der Waals surface area contributed by atoms with Gasteiger partial charge in [-0.1, -0.05) is 6.07 Å². The Morgan fingerprint density at radius 1 is 0.973 bits per heavy atom. The molecule has 10 heteroatoms. The van der Waals surface area contributed by atoms with Gasteiger partial charge in [-0.25, -0.2) is 8.78 Å². The highest BCUT2D eigenvalue weighted by Crippen LogP contribution is 2.33. The summed E-state index contributed by atoms with van der Waals surface area (Å²) in [6.45, 7) is 4.53. The summed E-state index contributed by atoms with van der Waals surface area (Å²) in [6.07, 6.45) is 0. The zero-order valence-corrected chi connectivity index (χ0v) is 20.2. The topological polar surface area (TPSA) is 123 Å². The van der Waals surface area contributed by atoms with Crippen LogP contribution in [0.5, 0.6) is 0 Å². The van der Waals surface area contributed by atoms with Gasteiger partial charge < -0.3 is 26.8 Å². The van der Waals surface area contributed by atoms with Crippen LogP contribution < -0.4 is 22.1 Å². The van der Waals surface area contributed by atoms with Gasteiger partial charge in [0.1, 0.15) is 11.6 Å². The minimum Gasteiger partial charge on any atom is -0.399 e. The van der Waals surface area contributed by atoms with Crippen LogP contribution >= 0.6 is 0 Å². The molecule has 0 aliphatic carbocycles. The second-order valence-corrected chi connectivity index (χ2v) is 8.70. The van der Waals surface area contributed by atoms with Gasteiger partial charge in [-0.2, -0.15) is 0 Å². The number of anilines is 2. The molecule has 37 heavy (non-hydrogen) atoms. The third kappa shape index (κ3) is 6.41. The second kappa shape index (κ2) is 11.8. The first kappa shape index (κ1) is 26.1. The number of hydrogen-bond acceptors (Lipinski definition) is 6. The van der Waals surface area contributed by atoms with Gasteiger partial charge in [-0.05, 0) is 59.7 Å². The predicted molar refractivity (Wildman–Crippen MR) is 138 cm³/mol. The van der Waals surface area contributed by atoms with E-state index in [0.29, 0.717) is 59.0 Å². The number of ether oxygens (including phenoxy) is 1. The molecule has 2 aliphatic heterocycles. The van der Waals surface area contributed by atoms with Crippen LogP contribution in [0.3, 0.4) is 0 Å². The third-order valence-electron chi connectivity index (χ3n) is 6.18. The molecule has 5 rings (SSSR count). The first-order chi connectivity index (χ1) is 17.8. The number of morpholine rings is 1. The summed E-state index contributed by atoms with van der Waals surface area (Å²) in [5.41, 5.74) is 14.0. The van der Waals surface area contributed by atoms with E-state index in [0.717, 1.165) is 19.6 Å². The maximum absolute atomic E-state index is 14.4. The first-order valence-corrected chi connectivity index (χ1v) is 11.9. The van der Waals surface area contributed by atoms with E-state index < -0.39 is 5.82 Å². The minimum atomic E-state index is -0.464. The van der Waals surface area contributed by atoms with Crippen molar-refractivity contribution in [1.82, 2.24) is 15.5 Å². The van der Waals surface area contributed by atoms with Crippen LogP contribution in [0.25, 0.3) is 11.1 Å². The Balaban J connectivity index is 0.000000342. The Hall–Kier alpha value is -4.02. The molecule has 0 spiro atoms. The second-order valence-electron chi connectivity index (χ2n) is 8.70. The SMILES string of the molecule is Nc1ccc(-c2ccc(C(=O)NCCN3CCOCC3)c3c2CNC3=O)c(F)c1.Nc1ccc(F)cc1. The molecule has 3 aromatic rings. The quantitative estimate of drug-likeness (QED) is 0.393. The number of nitrogens with one attached hydrogen (secondary N) is 2. The molecular weight excluding hydrogens is 480 g/mol. The molecule has 3 aromatic carbocycles. The molecule has 2 heterocycles. The van der Waals surface area contributed by atoms with Gasteiger partial charge in [-0.3, -0.25) is 14.5 Å². The number of carbonyl (C=O) groups is 2. The van der Waals surface area contributed by atoms with Crippen molar-refractivity contribution in [1.29, 1.82) is 0 Å². The van der Waals surface area contributed by atoms with Gasteiger partial charge in [-0.15, -0.1) is 0 Å². The lowest BCUT2D eigenvalue weighted by Crippen LogP contribution is -2.41. The van der Waals surface area contributed by atoms with Gasteiger partial charge in [0.25, 0.3) is 11.8 Å². The van der Waals surface area contributed by atoms with E-state index in [1.807, 2.05) is 0 Å². The lowest BCUT2D eigenvalue weighted by atomic mass is 9.92. The van der Waals surface area contributed by atoms with Crippen molar-refractivity contribution in [3.05, 3.63) is 82.9 Å². The molecular formula is C27H29F2N5O3. The number of rotatable bonds is 5. The molecule has 6 N–H and O–H groups in total. The van der Waals surface area contributed by atoms with Gasteiger partial charge in [0, 0.05) is 49.7 Å². The average molecular weight is 510 g/mol. The number of nitrogen functional groups attached to an aromatic ring is 2. The summed E-state index contributed by atoms with van der Waals surface area (Å²) >= 11 is 0. The standard InChI is InChI=1S/C21H23FN4O3.C6H6FN/c22-18-11-13(23)1-2-15(18)14-3-4-16(19-17(14)12-25-21(19)28)20(27)24-5-6-26-7-9-29-10-8-26;7-5-1-3-6(8)4-2-5/h1-4,11H,5-10,12,23H2,(H,24,27)(H,25,28);1-4H,8H2. The number of halogens is 2. The first-order valence-electron chi connectivity index (χ1n) is 11.9. The van der Waals surface area contributed by atoms with Crippen LogP contribution in [0, 0.1) is 11.6 Å². The summed E-state index contributed by atoms with van der Waals surface area (Å²) in [7, 11) is 0. The molecule has 2 amide bonds. The lowest BCUT2D eigenvalue weighted by molar-refractivity contribution is 0.0383. The smallest absolute Gasteiger partial charge is 0.252 e. The van der Waals surface area contributed by atoms with Crippen molar-refractivity contribution in [3.63, 3.8) is 0 Å². The van der Waals surface area contributed by atoms with Crippen molar-refractivity contribution in [2.24, 2.45) is 0 Å². The zero-order chi connectivity index (χ0) is 26.4. The molecule has 0 bridgehead atoms. The van der Waals surface area contributed by atoms with Crippen LogP contribution in [-0.4, -0.2) is 56.1 Å². The fourth-order valence-corrected chi connectivity index (χ4v) is 4.25. The van der Waals surface area contributed by atoms with E-state index in [4.69, 9.17) is 16.2 Å². The van der Waals surface area contributed by atoms with Gasteiger partial charge >= 0.3 is 0 Å². The highest BCUT2D eigenvalue weighted by molar-refractivity contribution is 6.11. The van der Waals surface area contributed by atoms with Crippen LogP contribution in [-0.2, 0) is 11.3 Å². The van der Waals surface area contributed by atoms with Crippen molar-refractivity contribution in [2.75, 3.05) is 50.9 Å². The Labute approximate surface area is 213 Å². The van der Waals surface area contributed by atoms with Crippen molar-refractivity contribution in [2.45, 2.75) is 6.54 Å². The maximum Gasteiger partial charge on any atom is 0.252 e. The summed E-state index contributed by atoms with van der Waals surface area (Å²) in [6, 6.07) is 13.4. The van der Waals surface area contributed by atoms with Crippen LogP contribution in [0.2, 0.25) is 0 Å². The van der Waals surface area contributed by atoms with Crippen LogP contribution in [0.15, 0.2) is 54.6 Å². The molecule has 194 valence electrons. The number of benzene rings is 3. The van der Waals surface area contributed by atoms with E-state index in [1.165, 1.54) is 30.3 Å². The molecule has 0 aromatic heterocycles. The highest BCUT2D eigenvalue weighted by Gasteiger charge is 2.29. The van der Waals surface area contributed by atoms with E-state index >= 15 is 0 Å². The predicted octanol–water partition coefficient (Wildman–Crippen LogP) is 2.79. The van der Waals surface area contributed by atoms with Crippen LogP contribution in [0.1, 0.15) is 26.3 Å². The Kier molecular flexibility index (Phi) is 8.32. The molecule has 0 unspecified atom stereocenters. The number of nitrogens with two attached hydrogens (primary N) is 2. The largest absolute Gasteiger partial charge is 0.399 e. The van der Waals surface area contributed by atoms with Gasteiger partial charge in [0.15, 0.2) is 0 Å². The molecule has 0 saturated carbocycles. The Morgan fingerprint density at radius 3 is 2.32 bits per heavy atom. The van der Waals surface area contributed by atoms with E-state index in [1.54, 1.807) is 24.3 Å². The summed E-state index contributed by atoms with van der Waals surface area (Å²) in [5, 5.41) is 5.62. The number of fused-ring (bicyclic) bond motifs is 1. The van der Waals surface area contributed by atoms with E-state index in [9.17, 15) is 18.4 Å². The van der Waals surface area contributed by atoms with Crippen molar-refractivity contribution < 1.29 is 23.1 Å². The summed E-state index contributed by atoms with van der Waals surface area (Å²) in [5.74, 6) is -1.35. The molecule has 0 atom stereocenters. The fraction of sp³-hybridized carbons (Fsp3) is 0.259. The number of carbonyl (C=O) groups excluding carboxylic acids is 2. The Bertz CT molecular complexity index is 1260. The van der Waals surface area contributed by atoms with E-state index in [-0.39, 0.29) is 24.2 Å². The summed E-state index contributed by atoms with van der Waals surface area (Å²) < 4.78 is 31.8. The number of nitrogens with zero attached hydrogens (tertiary/aromatic N) is 1. The lowest BCUT2D eigenvalue weighted by Gasteiger charge is -2.26.